The van der Waals surface area contributed by atoms with Crippen molar-refractivity contribution in [2.75, 3.05) is 14.2 Å². The van der Waals surface area contributed by atoms with Gasteiger partial charge < -0.3 is 14.2 Å². The second kappa shape index (κ2) is 8.25. The smallest absolute Gasteiger partial charge is 0.331 e. The molecule has 2 rings (SSSR count). The molecule has 0 atom stereocenters. The second-order valence-corrected chi connectivity index (χ2v) is 5.09. The van der Waals surface area contributed by atoms with Crippen LogP contribution in [-0.2, 0) is 16.1 Å². The number of methoxy groups -OCH3 is 2. The van der Waals surface area contributed by atoms with Crippen LogP contribution in [-0.4, -0.2) is 20.2 Å². The van der Waals surface area contributed by atoms with E-state index in [2.05, 4.69) is 0 Å². The van der Waals surface area contributed by atoms with Crippen molar-refractivity contribution in [3.63, 3.8) is 0 Å². The summed E-state index contributed by atoms with van der Waals surface area (Å²) in [6, 6.07) is 12.6. The molecule has 4 nitrogen and oxygen atoms in total. The van der Waals surface area contributed by atoms with Crippen LogP contribution in [0.2, 0.25) is 5.02 Å². The average Bonchev–Trinajstić information content (AvgIpc) is 2.57. The first-order valence-corrected chi connectivity index (χ1v) is 7.32. The predicted molar refractivity (Wildman–Crippen MR) is 89.8 cm³/mol. The lowest BCUT2D eigenvalue weighted by Crippen LogP contribution is -2.01. The third kappa shape index (κ3) is 4.76. The largest absolute Gasteiger partial charge is 0.493 e. The third-order valence-corrected chi connectivity index (χ3v) is 3.34. The van der Waals surface area contributed by atoms with Crippen LogP contribution in [0.25, 0.3) is 6.08 Å². The van der Waals surface area contributed by atoms with Gasteiger partial charge >= 0.3 is 5.97 Å². The number of hydrogen-bond acceptors (Lipinski definition) is 4. The number of ether oxygens (including phenoxy) is 3. The minimum atomic E-state index is -0.449. The Kier molecular flexibility index (Phi) is 6.06. The number of benzene rings is 2. The van der Waals surface area contributed by atoms with Gasteiger partial charge in [0.15, 0.2) is 11.5 Å². The molecule has 5 heteroatoms. The predicted octanol–water partition coefficient (Wildman–Crippen LogP) is 4.11. The molecule has 0 aromatic heterocycles. The molecule has 0 fully saturated rings. The maximum atomic E-state index is 11.8. The van der Waals surface area contributed by atoms with Crippen molar-refractivity contribution < 1.29 is 19.0 Å². The van der Waals surface area contributed by atoms with Gasteiger partial charge in [-0.1, -0.05) is 35.9 Å². The summed E-state index contributed by atoms with van der Waals surface area (Å²) in [6.45, 7) is 0.166. The number of carbonyl (C=O) groups is 1. The first-order chi connectivity index (χ1) is 11.1. The van der Waals surface area contributed by atoms with E-state index in [-0.39, 0.29) is 6.61 Å². The molecule has 0 aliphatic carbocycles. The fourth-order valence-electron chi connectivity index (χ4n) is 2.03. The zero-order valence-corrected chi connectivity index (χ0v) is 13.7. The molecule has 0 unspecified atom stereocenters. The molecule has 0 saturated carbocycles. The topological polar surface area (TPSA) is 44.8 Å². The summed E-state index contributed by atoms with van der Waals surface area (Å²) in [5.74, 6) is 0.714. The summed E-state index contributed by atoms with van der Waals surface area (Å²) >= 11 is 5.88. The Morgan fingerprint density at radius 3 is 2.61 bits per heavy atom. The van der Waals surface area contributed by atoms with Gasteiger partial charge in [-0.3, -0.25) is 0 Å². The third-order valence-electron chi connectivity index (χ3n) is 3.10. The molecular weight excluding hydrogens is 316 g/mol. The van der Waals surface area contributed by atoms with Gasteiger partial charge in [0.2, 0.25) is 0 Å². The Morgan fingerprint density at radius 1 is 1.13 bits per heavy atom. The Hall–Kier alpha value is -2.46. The summed E-state index contributed by atoms with van der Waals surface area (Å²) in [5.41, 5.74) is 1.56. The number of carbonyl (C=O) groups excluding carboxylic acids is 1. The highest BCUT2D eigenvalue weighted by atomic mass is 35.5. The minimum Gasteiger partial charge on any atom is -0.493 e. The summed E-state index contributed by atoms with van der Waals surface area (Å²) in [6.07, 6.45) is 2.98. The molecule has 0 heterocycles. The first kappa shape index (κ1) is 16.9. The number of para-hydroxylation sites is 1. The molecule has 0 radical (unpaired) electrons. The van der Waals surface area contributed by atoms with Crippen LogP contribution in [0.4, 0.5) is 0 Å². The van der Waals surface area contributed by atoms with Gasteiger partial charge in [-0.25, -0.2) is 4.79 Å². The van der Waals surface area contributed by atoms with Crippen molar-refractivity contribution in [3.05, 3.63) is 64.7 Å². The summed E-state index contributed by atoms with van der Waals surface area (Å²) in [7, 11) is 3.11. The number of rotatable bonds is 6. The van der Waals surface area contributed by atoms with E-state index in [1.807, 2.05) is 24.3 Å². The zero-order valence-electron chi connectivity index (χ0n) is 12.9. The summed E-state index contributed by atoms with van der Waals surface area (Å²) in [5, 5.41) is 0.607. The standard InChI is InChI=1S/C18H17ClO4/c1-21-16-8-4-6-14(18(16)22-2)9-10-17(20)23-12-13-5-3-7-15(19)11-13/h3-11H,12H2,1-2H3. The van der Waals surface area contributed by atoms with E-state index < -0.39 is 5.97 Å². The molecule has 2 aromatic carbocycles. The van der Waals surface area contributed by atoms with E-state index in [1.165, 1.54) is 6.08 Å². The van der Waals surface area contributed by atoms with Crippen molar-refractivity contribution in [3.8, 4) is 11.5 Å². The lowest BCUT2D eigenvalue weighted by molar-refractivity contribution is -0.138. The van der Waals surface area contributed by atoms with Gasteiger partial charge in [0.1, 0.15) is 6.61 Å². The van der Waals surface area contributed by atoms with Crippen LogP contribution in [0.5, 0.6) is 11.5 Å². The molecular formula is C18H17ClO4. The lowest BCUT2D eigenvalue weighted by Gasteiger charge is -2.09. The van der Waals surface area contributed by atoms with Crippen molar-refractivity contribution >= 4 is 23.6 Å². The minimum absolute atomic E-state index is 0.166. The van der Waals surface area contributed by atoms with Gasteiger partial charge in [0.05, 0.1) is 14.2 Å². The molecule has 2 aromatic rings. The number of esters is 1. The Balaban J connectivity index is 2.01. The van der Waals surface area contributed by atoms with Crippen molar-refractivity contribution in [2.24, 2.45) is 0 Å². The normalized spacial score (nSPS) is 10.6. The summed E-state index contributed by atoms with van der Waals surface area (Å²) in [4.78, 5) is 11.8. The van der Waals surface area contributed by atoms with Gasteiger partial charge in [-0.05, 0) is 29.8 Å². The highest BCUT2D eigenvalue weighted by molar-refractivity contribution is 6.30. The first-order valence-electron chi connectivity index (χ1n) is 6.94. The van der Waals surface area contributed by atoms with E-state index in [0.717, 1.165) is 11.1 Å². The maximum Gasteiger partial charge on any atom is 0.331 e. The quantitative estimate of drug-likeness (QED) is 0.590. The molecule has 0 bridgehead atoms. The van der Waals surface area contributed by atoms with Crippen LogP contribution in [0, 0.1) is 0 Å². The second-order valence-electron chi connectivity index (χ2n) is 4.65. The van der Waals surface area contributed by atoms with Crippen LogP contribution in [0.3, 0.4) is 0 Å². The van der Waals surface area contributed by atoms with E-state index in [0.29, 0.717) is 16.5 Å². The van der Waals surface area contributed by atoms with Gasteiger partial charge in [0, 0.05) is 16.7 Å². The van der Waals surface area contributed by atoms with Crippen LogP contribution >= 0.6 is 11.6 Å². The van der Waals surface area contributed by atoms with Crippen molar-refractivity contribution in [2.45, 2.75) is 6.61 Å². The molecule has 0 spiro atoms. The lowest BCUT2D eigenvalue weighted by atomic mass is 10.1. The fraction of sp³-hybridized carbons (Fsp3) is 0.167. The van der Waals surface area contributed by atoms with E-state index in [4.69, 9.17) is 25.8 Å². The maximum absolute atomic E-state index is 11.8. The van der Waals surface area contributed by atoms with Gasteiger partial charge in [-0.15, -0.1) is 0 Å². The van der Waals surface area contributed by atoms with Crippen molar-refractivity contribution in [1.29, 1.82) is 0 Å². The van der Waals surface area contributed by atoms with E-state index >= 15 is 0 Å². The number of hydrogen-bond donors (Lipinski definition) is 0. The highest BCUT2D eigenvalue weighted by Crippen LogP contribution is 2.31. The van der Waals surface area contributed by atoms with Crippen LogP contribution < -0.4 is 9.47 Å². The zero-order chi connectivity index (χ0) is 16.7. The molecule has 23 heavy (non-hydrogen) atoms. The Labute approximate surface area is 140 Å². The van der Waals surface area contributed by atoms with Crippen molar-refractivity contribution in [1.82, 2.24) is 0 Å². The van der Waals surface area contributed by atoms with E-state index in [1.54, 1.807) is 38.5 Å². The molecule has 0 N–H and O–H groups in total. The Morgan fingerprint density at radius 2 is 1.91 bits per heavy atom. The average molecular weight is 333 g/mol. The fourth-order valence-corrected chi connectivity index (χ4v) is 2.24. The highest BCUT2D eigenvalue weighted by Gasteiger charge is 2.07. The SMILES string of the molecule is COc1cccc(C=CC(=O)OCc2cccc(Cl)c2)c1OC. The van der Waals surface area contributed by atoms with Crippen LogP contribution in [0.15, 0.2) is 48.5 Å². The van der Waals surface area contributed by atoms with E-state index in [9.17, 15) is 4.79 Å². The van der Waals surface area contributed by atoms with Gasteiger partial charge in [-0.2, -0.15) is 0 Å². The molecule has 0 saturated heterocycles. The molecule has 0 amide bonds. The number of halogens is 1. The molecule has 120 valence electrons. The molecule has 0 aliphatic heterocycles. The summed E-state index contributed by atoms with van der Waals surface area (Å²) < 4.78 is 15.7. The monoisotopic (exact) mass is 332 g/mol. The molecule has 0 aliphatic rings. The Bertz CT molecular complexity index is 710. The van der Waals surface area contributed by atoms with Gasteiger partial charge in [0.25, 0.3) is 0 Å². The van der Waals surface area contributed by atoms with Crippen LogP contribution in [0.1, 0.15) is 11.1 Å².